The molecule has 0 fully saturated rings. The first kappa shape index (κ1) is 9.58. The van der Waals surface area contributed by atoms with Gasteiger partial charge in [0.1, 0.15) is 12.4 Å². The molecule has 0 aliphatic carbocycles. The van der Waals surface area contributed by atoms with Crippen LogP contribution in [0.15, 0.2) is 18.2 Å². The van der Waals surface area contributed by atoms with Crippen LogP contribution in [0.4, 0.5) is 0 Å². The van der Waals surface area contributed by atoms with Gasteiger partial charge >= 0.3 is 5.97 Å². The molecule has 0 amide bonds. The third-order valence-corrected chi connectivity index (χ3v) is 1.56. The van der Waals surface area contributed by atoms with Gasteiger partial charge in [-0.2, -0.15) is 0 Å². The molecule has 0 aromatic heterocycles. The molecule has 0 atom stereocenters. The summed E-state index contributed by atoms with van der Waals surface area (Å²) in [6, 6.07) is 5.09. The molecule has 0 aliphatic heterocycles. The Morgan fingerprint density at radius 1 is 1.46 bits per heavy atom. The number of esters is 1. The lowest BCUT2D eigenvalue weighted by Crippen LogP contribution is -1.98. The molecule has 0 saturated heterocycles. The molecular formula is C10H12O3. The number of rotatable bonds is 2. The van der Waals surface area contributed by atoms with Crippen LogP contribution in [0.3, 0.4) is 0 Å². The maximum Gasteiger partial charge on any atom is 0.302 e. The number of hydrogen-bond acceptors (Lipinski definition) is 3. The van der Waals surface area contributed by atoms with Gasteiger partial charge in [0.05, 0.1) is 0 Å². The zero-order valence-corrected chi connectivity index (χ0v) is 7.70. The van der Waals surface area contributed by atoms with Crippen LogP contribution in [-0.4, -0.2) is 11.1 Å². The summed E-state index contributed by atoms with van der Waals surface area (Å²) in [6.07, 6.45) is 0. The van der Waals surface area contributed by atoms with E-state index in [1.807, 2.05) is 13.0 Å². The van der Waals surface area contributed by atoms with Gasteiger partial charge in [-0.15, -0.1) is 0 Å². The van der Waals surface area contributed by atoms with Crippen LogP contribution in [-0.2, 0) is 16.1 Å². The molecule has 0 heterocycles. The van der Waals surface area contributed by atoms with E-state index in [1.165, 1.54) is 6.92 Å². The molecule has 70 valence electrons. The van der Waals surface area contributed by atoms with E-state index in [1.54, 1.807) is 12.1 Å². The van der Waals surface area contributed by atoms with E-state index in [4.69, 9.17) is 4.74 Å². The standard InChI is InChI=1S/C10H12O3/c1-7-3-9(5-10(12)4-7)6-13-8(2)11/h3-5,12H,6H2,1-2H3. The highest BCUT2D eigenvalue weighted by atomic mass is 16.5. The van der Waals surface area contributed by atoms with Gasteiger partial charge in [-0.1, -0.05) is 6.07 Å². The number of aromatic hydroxyl groups is 1. The van der Waals surface area contributed by atoms with Gasteiger partial charge in [-0.25, -0.2) is 0 Å². The topological polar surface area (TPSA) is 46.5 Å². The molecule has 0 spiro atoms. The van der Waals surface area contributed by atoms with Crippen LogP contribution in [0.1, 0.15) is 18.1 Å². The largest absolute Gasteiger partial charge is 0.508 e. The first-order valence-corrected chi connectivity index (χ1v) is 4.01. The summed E-state index contributed by atoms with van der Waals surface area (Å²) in [5, 5.41) is 9.22. The fourth-order valence-corrected chi connectivity index (χ4v) is 1.11. The lowest BCUT2D eigenvalue weighted by Gasteiger charge is -2.03. The molecule has 0 radical (unpaired) electrons. The molecule has 3 nitrogen and oxygen atoms in total. The van der Waals surface area contributed by atoms with Gasteiger partial charge in [0, 0.05) is 6.92 Å². The maximum absolute atomic E-state index is 10.5. The minimum Gasteiger partial charge on any atom is -0.508 e. The van der Waals surface area contributed by atoms with Gasteiger partial charge in [0.15, 0.2) is 0 Å². The van der Waals surface area contributed by atoms with E-state index in [2.05, 4.69) is 0 Å². The predicted octanol–water partition coefficient (Wildman–Crippen LogP) is 1.76. The number of phenols is 1. The number of hydrogen-bond donors (Lipinski definition) is 1. The first-order chi connectivity index (χ1) is 6.08. The summed E-state index contributed by atoms with van der Waals surface area (Å²) in [4.78, 5) is 10.5. The number of ether oxygens (including phenoxy) is 1. The van der Waals surface area contributed by atoms with Gasteiger partial charge in [-0.3, -0.25) is 4.79 Å². The van der Waals surface area contributed by atoms with Crippen LogP contribution in [0.2, 0.25) is 0 Å². The van der Waals surface area contributed by atoms with E-state index >= 15 is 0 Å². The minimum atomic E-state index is -0.319. The average molecular weight is 180 g/mol. The summed E-state index contributed by atoms with van der Waals surface area (Å²) in [5.41, 5.74) is 1.75. The van der Waals surface area contributed by atoms with Crippen molar-refractivity contribution in [2.45, 2.75) is 20.5 Å². The molecule has 1 N–H and O–H groups in total. The SMILES string of the molecule is CC(=O)OCc1cc(C)cc(O)c1. The van der Waals surface area contributed by atoms with Crippen LogP contribution in [0.25, 0.3) is 0 Å². The van der Waals surface area contributed by atoms with Crippen molar-refractivity contribution in [2.75, 3.05) is 0 Å². The normalized spacial score (nSPS) is 9.69. The molecular weight excluding hydrogens is 168 g/mol. The van der Waals surface area contributed by atoms with Gasteiger partial charge in [0.2, 0.25) is 0 Å². The number of carbonyl (C=O) groups is 1. The van der Waals surface area contributed by atoms with E-state index in [0.29, 0.717) is 0 Å². The van der Waals surface area contributed by atoms with Crippen LogP contribution >= 0.6 is 0 Å². The summed E-state index contributed by atoms with van der Waals surface area (Å²) in [7, 11) is 0. The minimum absolute atomic E-state index is 0.196. The number of benzene rings is 1. The fourth-order valence-electron chi connectivity index (χ4n) is 1.11. The molecule has 1 rings (SSSR count). The van der Waals surface area contributed by atoms with Crippen LogP contribution < -0.4 is 0 Å². The fraction of sp³-hybridized carbons (Fsp3) is 0.300. The third-order valence-electron chi connectivity index (χ3n) is 1.56. The van der Waals surface area contributed by atoms with Crippen molar-refractivity contribution in [1.29, 1.82) is 0 Å². The second kappa shape index (κ2) is 3.94. The second-order valence-corrected chi connectivity index (χ2v) is 2.96. The Balaban J connectivity index is 2.71. The summed E-state index contributed by atoms with van der Waals surface area (Å²) >= 11 is 0. The van der Waals surface area contributed by atoms with Gasteiger partial charge in [0.25, 0.3) is 0 Å². The van der Waals surface area contributed by atoms with E-state index in [0.717, 1.165) is 11.1 Å². The summed E-state index contributed by atoms with van der Waals surface area (Å²) in [6.45, 7) is 3.44. The molecule has 1 aromatic rings. The predicted molar refractivity (Wildman–Crippen MR) is 48.3 cm³/mol. The molecule has 0 saturated carbocycles. The van der Waals surface area contributed by atoms with Crippen molar-refractivity contribution < 1.29 is 14.6 Å². The van der Waals surface area contributed by atoms with E-state index in [-0.39, 0.29) is 18.3 Å². The van der Waals surface area contributed by atoms with Crippen molar-refractivity contribution in [3.63, 3.8) is 0 Å². The molecule has 0 unspecified atom stereocenters. The van der Waals surface area contributed by atoms with Crippen molar-refractivity contribution in [1.82, 2.24) is 0 Å². The highest BCUT2D eigenvalue weighted by Gasteiger charge is 1.99. The first-order valence-electron chi connectivity index (χ1n) is 4.01. The van der Waals surface area contributed by atoms with E-state index < -0.39 is 0 Å². The highest BCUT2D eigenvalue weighted by molar-refractivity contribution is 5.65. The third kappa shape index (κ3) is 3.15. The van der Waals surface area contributed by atoms with Gasteiger partial charge < -0.3 is 9.84 Å². The van der Waals surface area contributed by atoms with Crippen LogP contribution in [0.5, 0.6) is 5.75 Å². The Labute approximate surface area is 77.0 Å². The zero-order valence-electron chi connectivity index (χ0n) is 7.70. The van der Waals surface area contributed by atoms with Crippen molar-refractivity contribution in [3.8, 4) is 5.75 Å². The Bertz CT molecular complexity index is 298. The summed E-state index contributed by atoms with van der Waals surface area (Å²) in [5.74, 6) is -0.122. The second-order valence-electron chi connectivity index (χ2n) is 2.96. The van der Waals surface area contributed by atoms with Crippen molar-refractivity contribution in [3.05, 3.63) is 29.3 Å². The lowest BCUT2D eigenvalue weighted by atomic mass is 10.1. The molecule has 0 bridgehead atoms. The average Bonchev–Trinajstić information content (AvgIpc) is 1.99. The summed E-state index contributed by atoms with van der Waals surface area (Å²) < 4.78 is 4.79. The monoisotopic (exact) mass is 180 g/mol. The van der Waals surface area contributed by atoms with Crippen molar-refractivity contribution in [2.24, 2.45) is 0 Å². The quantitative estimate of drug-likeness (QED) is 0.705. The molecule has 1 aromatic carbocycles. The maximum atomic E-state index is 10.5. The van der Waals surface area contributed by atoms with Gasteiger partial charge in [-0.05, 0) is 30.2 Å². The molecule has 13 heavy (non-hydrogen) atoms. The van der Waals surface area contributed by atoms with E-state index in [9.17, 15) is 9.90 Å². The molecule has 0 aliphatic rings. The van der Waals surface area contributed by atoms with Crippen LogP contribution in [0, 0.1) is 6.92 Å². The Hall–Kier alpha value is -1.51. The zero-order chi connectivity index (χ0) is 9.84. The van der Waals surface area contributed by atoms with Crippen molar-refractivity contribution >= 4 is 5.97 Å². The lowest BCUT2D eigenvalue weighted by molar-refractivity contribution is -0.142. The Kier molecular flexibility index (Phi) is 2.90. The highest BCUT2D eigenvalue weighted by Crippen LogP contribution is 2.15. The number of carbonyl (C=O) groups excluding carboxylic acids is 1. The molecule has 3 heteroatoms. The Morgan fingerprint density at radius 2 is 2.15 bits per heavy atom. The Morgan fingerprint density at radius 3 is 2.69 bits per heavy atom. The number of phenolic OH excluding ortho intramolecular Hbond substituents is 1. The smallest absolute Gasteiger partial charge is 0.302 e. The number of aryl methyl sites for hydroxylation is 1.